The molecule has 0 aliphatic carbocycles. The van der Waals surface area contributed by atoms with E-state index < -0.39 is 11.1 Å². The van der Waals surface area contributed by atoms with Gasteiger partial charge in [0, 0.05) is 5.92 Å². The van der Waals surface area contributed by atoms with Crippen molar-refractivity contribution in [2.75, 3.05) is 12.4 Å². The van der Waals surface area contributed by atoms with Crippen molar-refractivity contribution in [2.45, 2.75) is 20.8 Å². The maximum absolute atomic E-state index is 11.6. The molecule has 24 heavy (non-hydrogen) atoms. The van der Waals surface area contributed by atoms with Crippen molar-refractivity contribution in [1.29, 1.82) is 0 Å². The van der Waals surface area contributed by atoms with E-state index in [-0.39, 0.29) is 18.3 Å². The first kappa shape index (κ1) is 18.4. The van der Waals surface area contributed by atoms with Crippen LogP contribution in [0.1, 0.15) is 28.4 Å². The van der Waals surface area contributed by atoms with Crippen molar-refractivity contribution < 1.29 is 18.3 Å². The predicted octanol–water partition coefficient (Wildman–Crippen LogP) is 4.02. The Hall–Kier alpha value is -1.98. The molecule has 0 bridgehead atoms. The van der Waals surface area contributed by atoms with Crippen LogP contribution in [0.2, 0.25) is 0 Å². The second-order valence-electron chi connectivity index (χ2n) is 5.99. The van der Waals surface area contributed by atoms with Gasteiger partial charge in [0.1, 0.15) is 5.75 Å². The van der Waals surface area contributed by atoms with E-state index in [4.69, 9.17) is 9.29 Å². The van der Waals surface area contributed by atoms with Crippen LogP contribution in [-0.4, -0.2) is 27.4 Å². The SMILES string of the molecule is Cc1cc(OCC(C)CS(=O)O)c(C=O)c(C)c1-c1ccccc1. The second-order valence-corrected chi connectivity index (χ2v) is 6.97. The van der Waals surface area contributed by atoms with Gasteiger partial charge in [0.05, 0.1) is 17.9 Å². The maximum Gasteiger partial charge on any atom is 0.154 e. The molecule has 5 heteroatoms. The lowest BCUT2D eigenvalue weighted by Crippen LogP contribution is -2.16. The van der Waals surface area contributed by atoms with Crippen LogP contribution in [0.4, 0.5) is 0 Å². The Morgan fingerprint density at radius 1 is 1.25 bits per heavy atom. The Kier molecular flexibility index (Phi) is 6.29. The van der Waals surface area contributed by atoms with E-state index in [0.717, 1.165) is 28.5 Å². The smallest absolute Gasteiger partial charge is 0.154 e. The molecular weight excluding hydrogens is 324 g/mol. The molecule has 0 aromatic heterocycles. The Morgan fingerprint density at radius 2 is 1.92 bits per heavy atom. The molecular formula is C19H22O4S. The summed E-state index contributed by atoms with van der Waals surface area (Å²) in [6, 6.07) is 11.8. The Morgan fingerprint density at radius 3 is 2.50 bits per heavy atom. The summed E-state index contributed by atoms with van der Waals surface area (Å²) < 4.78 is 25.6. The van der Waals surface area contributed by atoms with Crippen LogP contribution in [0.5, 0.6) is 5.75 Å². The molecule has 1 N–H and O–H groups in total. The first-order valence-electron chi connectivity index (χ1n) is 7.79. The van der Waals surface area contributed by atoms with Gasteiger partial charge in [-0.25, -0.2) is 4.21 Å². The molecule has 2 atom stereocenters. The van der Waals surface area contributed by atoms with E-state index in [1.54, 1.807) is 0 Å². The quantitative estimate of drug-likeness (QED) is 0.607. The lowest BCUT2D eigenvalue weighted by atomic mass is 9.92. The molecule has 4 nitrogen and oxygen atoms in total. The highest BCUT2D eigenvalue weighted by Crippen LogP contribution is 2.34. The maximum atomic E-state index is 11.6. The van der Waals surface area contributed by atoms with E-state index in [2.05, 4.69) is 0 Å². The van der Waals surface area contributed by atoms with E-state index in [0.29, 0.717) is 11.3 Å². The van der Waals surface area contributed by atoms with Gasteiger partial charge >= 0.3 is 0 Å². The highest BCUT2D eigenvalue weighted by Gasteiger charge is 2.16. The molecule has 128 valence electrons. The summed E-state index contributed by atoms with van der Waals surface area (Å²) in [5, 5.41) is 0. The Bertz CT molecular complexity index is 741. The van der Waals surface area contributed by atoms with Gasteiger partial charge in [-0.3, -0.25) is 4.79 Å². The molecule has 2 unspecified atom stereocenters. The molecule has 2 aromatic carbocycles. The first-order chi connectivity index (χ1) is 11.4. The average Bonchev–Trinajstić information content (AvgIpc) is 2.53. The number of rotatable bonds is 7. The fourth-order valence-corrected chi connectivity index (χ4v) is 3.38. The monoisotopic (exact) mass is 346 g/mol. The number of hydrogen-bond donors (Lipinski definition) is 1. The summed E-state index contributed by atoms with van der Waals surface area (Å²) in [5.41, 5.74) is 4.53. The molecule has 0 aliphatic rings. The van der Waals surface area contributed by atoms with Crippen LogP contribution >= 0.6 is 0 Å². The van der Waals surface area contributed by atoms with Crippen molar-refractivity contribution >= 4 is 17.4 Å². The highest BCUT2D eigenvalue weighted by atomic mass is 32.2. The summed E-state index contributed by atoms with van der Waals surface area (Å²) in [7, 11) is 0. The fourth-order valence-electron chi connectivity index (χ4n) is 2.80. The van der Waals surface area contributed by atoms with Gasteiger partial charge in [0.25, 0.3) is 0 Å². The lowest BCUT2D eigenvalue weighted by molar-refractivity contribution is 0.111. The molecule has 0 amide bonds. The van der Waals surface area contributed by atoms with Crippen molar-refractivity contribution in [3.05, 3.63) is 53.1 Å². The van der Waals surface area contributed by atoms with Crippen LogP contribution in [0.3, 0.4) is 0 Å². The summed E-state index contributed by atoms with van der Waals surface area (Å²) >= 11 is -1.85. The van der Waals surface area contributed by atoms with E-state index in [1.807, 2.05) is 57.2 Å². The normalized spacial score (nSPS) is 13.3. The van der Waals surface area contributed by atoms with Gasteiger partial charge in [-0.2, -0.15) is 0 Å². The number of aryl methyl sites for hydroxylation is 1. The largest absolute Gasteiger partial charge is 0.493 e. The van der Waals surface area contributed by atoms with Gasteiger partial charge in [-0.1, -0.05) is 37.3 Å². The van der Waals surface area contributed by atoms with Crippen molar-refractivity contribution in [2.24, 2.45) is 5.92 Å². The van der Waals surface area contributed by atoms with Crippen LogP contribution in [0.15, 0.2) is 36.4 Å². The van der Waals surface area contributed by atoms with E-state index in [9.17, 15) is 9.00 Å². The number of benzene rings is 2. The zero-order valence-corrected chi connectivity index (χ0v) is 14.9. The molecule has 0 heterocycles. The number of carbonyl (C=O) groups excluding carboxylic acids is 1. The number of aldehydes is 1. The molecule has 2 aromatic rings. The van der Waals surface area contributed by atoms with Gasteiger partial charge in [-0.15, -0.1) is 0 Å². The van der Waals surface area contributed by atoms with E-state index in [1.165, 1.54) is 0 Å². The Balaban J connectivity index is 2.35. The van der Waals surface area contributed by atoms with Crippen LogP contribution in [-0.2, 0) is 11.1 Å². The molecule has 0 saturated heterocycles. The summed E-state index contributed by atoms with van der Waals surface area (Å²) in [5.74, 6) is 0.594. The summed E-state index contributed by atoms with van der Waals surface area (Å²) in [6.45, 7) is 6.03. The van der Waals surface area contributed by atoms with E-state index >= 15 is 0 Å². The Labute approximate surface area is 145 Å². The molecule has 0 radical (unpaired) electrons. The first-order valence-corrected chi connectivity index (χ1v) is 9.06. The number of carbonyl (C=O) groups is 1. The predicted molar refractivity (Wildman–Crippen MR) is 97.0 cm³/mol. The topological polar surface area (TPSA) is 63.6 Å². The zero-order valence-electron chi connectivity index (χ0n) is 14.1. The highest BCUT2D eigenvalue weighted by molar-refractivity contribution is 7.79. The van der Waals surface area contributed by atoms with Crippen molar-refractivity contribution in [3.8, 4) is 16.9 Å². The van der Waals surface area contributed by atoms with Crippen LogP contribution in [0, 0.1) is 19.8 Å². The number of hydrogen-bond acceptors (Lipinski definition) is 3. The third-order valence-electron chi connectivity index (χ3n) is 3.92. The average molecular weight is 346 g/mol. The molecule has 0 spiro atoms. The van der Waals surface area contributed by atoms with Crippen molar-refractivity contribution in [1.82, 2.24) is 0 Å². The van der Waals surface area contributed by atoms with Crippen LogP contribution < -0.4 is 4.74 Å². The summed E-state index contributed by atoms with van der Waals surface area (Å²) in [6.07, 6.45) is 0.811. The minimum Gasteiger partial charge on any atom is -0.493 e. The molecule has 0 aliphatic heterocycles. The zero-order chi connectivity index (χ0) is 17.7. The third kappa shape index (κ3) is 4.30. The van der Waals surface area contributed by atoms with Gasteiger partial charge in [0.15, 0.2) is 17.4 Å². The van der Waals surface area contributed by atoms with Gasteiger partial charge in [0.2, 0.25) is 0 Å². The molecule has 0 saturated carbocycles. The summed E-state index contributed by atoms with van der Waals surface area (Å²) in [4.78, 5) is 11.6. The van der Waals surface area contributed by atoms with Crippen LogP contribution in [0.25, 0.3) is 11.1 Å². The second kappa shape index (κ2) is 8.22. The molecule has 0 fully saturated rings. The van der Waals surface area contributed by atoms with Crippen molar-refractivity contribution in [3.63, 3.8) is 0 Å². The molecule has 2 rings (SSSR count). The third-order valence-corrected chi connectivity index (χ3v) is 4.77. The van der Waals surface area contributed by atoms with Gasteiger partial charge in [-0.05, 0) is 42.2 Å². The van der Waals surface area contributed by atoms with Gasteiger partial charge < -0.3 is 9.29 Å². The standard InChI is InChI=1S/C19H22O4S/c1-13(12-24(21)22)11-23-18-9-14(2)19(15(3)17(18)10-20)16-7-5-4-6-8-16/h4-10,13H,11-12H2,1-3H3,(H,21,22). The number of ether oxygens (including phenoxy) is 1. The minimum absolute atomic E-state index is 0.0789. The lowest BCUT2D eigenvalue weighted by Gasteiger charge is -2.18. The fraction of sp³-hybridized carbons (Fsp3) is 0.316. The minimum atomic E-state index is -1.85.